The number of likely N-dealkylation sites (tertiary alicyclic amines) is 1. The minimum absolute atomic E-state index is 0.409. The molecule has 0 aromatic carbocycles. The highest BCUT2D eigenvalue weighted by molar-refractivity contribution is 5.79. The third kappa shape index (κ3) is 1.91. The zero-order valence-corrected chi connectivity index (χ0v) is 9.45. The smallest absolute Gasteiger partial charge is 0.225 e. The molecular formula is C13H21NO. The van der Waals surface area contributed by atoms with E-state index in [4.69, 9.17) is 0 Å². The van der Waals surface area contributed by atoms with Crippen LogP contribution in [-0.4, -0.2) is 23.9 Å². The van der Waals surface area contributed by atoms with Crippen molar-refractivity contribution in [1.29, 1.82) is 0 Å². The molecule has 0 bridgehead atoms. The molecule has 2 nitrogen and oxygen atoms in total. The Morgan fingerprint density at radius 1 is 0.867 bits per heavy atom. The van der Waals surface area contributed by atoms with Gasteiger partial charge in [0.25, 0.3) is 0 Å². The van der Waals surface area contributed by atoms with Gasteiger partial charge < -0.3 is 4.90 Å². The molecule has 1 saturated heterocycles. The topological polar surface area (TPSA) is 20.3 Å². The van der Waals surface area contributed by atoms with Crippen LogP contribution < -0.4 is 0 Å². The van der Waals surface area contributed by atoms with Gasteiger partial charge in [-0.25, -0.2) is 0 Å². The molecule has 1 heterocycles. The molecule has 3 aliphatic rings. The Hall–Kier alpha value is -0.530. The standard InChI is InChI=1S/C13H21NO/c15-13(12-8-10-7-11(10)9-12)14-5-3-1-2-4-6-14/h10-12H,1-9H2. The average Bonchev–Trinajstić information content (AvgIpc) is 2.95. The van der Waals surface area contributed by atoms with Crippen molar-refractivity contribution < 1.29 is 4.79 Å². The minimum atomic E-state index is 0.409. The zero-order valence-electron chi connectivity index (χ0n) is 9.45. The van der Waals surface area contributed by atoms with Gasteiger partial charge in [0.2, 0.25) is 5.91 Å². The Bertz CT molecular complexity index is 245. The molecule has 3 fully saturated rings. The van der Waals surface area contributed by atoms with Crippen LogP contribution in [0.3, 0.4) is 0 Å². The van der Waals surface area contributed by atoms with E-state index in [0.717, 1.165) is 24.9 Å². The molecule has 2 heteroatoms. The van der Waals surface area contributed by atoms with E-state index in [-0.39, 0.29) is 0 Å². The molecule has 0 N–H and O–H groups in total. The van der Waals surface area contributed by atoms with Crippen LogP contribution in [0.5, 0.6) is 0 Å². The lowest BCUT2D eigenvalue weighted by Gasteiger charge is -2.24. The summed E-state index contributed by atoms with van der Waals surface area (Å²) in [6, 6.07) is 0. The van der Waals surface area contributed by atoms with Crippen molar-refractivity contribution >= 4 is 5.91 Å². The average molecular weight is 207 g/mol. The van der Waals surface area contributed by atoms with Gasteiger partial charge in [-0.15, -0.1) is 0 Å². The maximum atomic E-state index is 12.2. The lowest BCUT2D eigenvalue weighted by molar-refractivity contribution is -0.135. The number of fused-ring (bicyclic) bond motifs is 1. The predicted molar refractivity (Wildman–Crippen MR) is 59.4 cm³/mol. The highest BCUT2D eigenvalue weighted by Crippen LogP contribution is 2.54. The molecule has 3 rings (SSSR count). The summed E-state index contributed by atoms with van der Waals surface area (Å²) in [7, 11) is 0. The number of amides is 1. The van der Waals surface area contributed by atoms with Gasteiger partial charge in [0, 0.05) is 19.0 Å². The summed E-state index contributed by atoms with van der Waals surface area (Å²) in [6.07, 6.45) is 8.93. The summed E-state index contributed by atoms with van der Waals surface area (Å²) in [5.74, 6) is 2.77. The quantitative estimate of drug-likeness (QED) is 0.646. The second-order valence-electron chi connectivity index (χ2n) is 5.66. The minimum Gasteiger partial charge on any atom is -0.342 e. The second kappa shape index (κ2) is 3.80. The van der Waals surface area contributed by atoms with Crippen molar-refractivity contribution in [1.82, 2.24) is 4.90 Å². The summed E-state index contributed by atoms with van der Waals surface area (Å²) < 4.78 is 0. The third-order valence-electron chi connectivity index (χ3n) is 4.51. The predicted octanol–water partition coefficient (Wildman–Crippen LogP) is 2.44. The van der Waals surface area contributed by atoms with E-state index in [1.165, 1.54) is 44.9 Å². The van der Waals surface area contributed by atoms with Crippen LogP contribution in [0, 0.1) is 17.8 Å². The summed E-state index contributed by atoms with van der Waals surface area (Å²) >= 11 is 0. The fraction of sp³-hybridized carbons (Fsp3) is 0.923. The maximum Gasteiger partial charge on any atom is 0.225 e. The zero-order chi connectivity index (χ0) is 10.3. The van der Waals surface area contributed by atoms with E-state index in [1.54, 1.807) is 0 Å². The largest absolute Gasteiger partial charge is 0.342 e. The van der Waals surface area contributed by atoms with Crippen LogP contribution in [0.2, 0.25) is 0 Å². The lowest BCUT2D eigenvalue weighted by atomic mass is 10.0. The Balaban J connectivity index is 1.58. The molecule has 15 heavy (non-hydrogen) atoms. The normalized spacial score (nSPS) is 39.7. The van der Waals surface area contributed by atoms with Gasteiger partial charge >= 0.3 is 0 Å². The van der Waals surface area contributed by atoms with Gasteiger partial charge in [-0.1, -0.05) is 12.8 Å². The lowest BCUT2D eigenvalue weighted by Crippen LogP contribution is -2.36. The Labute approximate surface area is 92.0 Å². The highest BCUT2D eigenvalue weighted by atomic mass is 16.2. The number of hydrogen-bond donors (Lipinski definition) is 0. The van der Waals surface area contributed by atoms with Gasteiger partial charge in [-0.2, -0.15) is 0 Å². The van der Waals surface area contributed by atoms with Crippen LogP contribution in [0.1, 0.15) is 44.9 Å². The maximum absolute atomic E-state index is 12.2. The summed E-state index contributed by atoms with van der Waals surface area (Å²) in [5, 5.41) is 0. The van der Waals surface area contributed by atoms with Gasteiger partial charge in [0.1, 0.15) is 0 Å². The van der Waals surface area contributed by atoms with E-state index in [2.05, 4.69) is 4.90 Å². The van der Waals surface area contributed by atoms with Crippen LogP contribution in [0.25, 0.3) is 0 Å². The molecule has 0 aromatic rings. The number of carbonyl (C=O) groups is 1. The molecule has 2 saturated carbocycles. The molecule has 2 atom stereocenters. The van der Waals surface area contributed by atoms with E-state index >= 15 is 0 Å². The number of nitrogens with zero attached hydrogens (tertiary/aromatic N) is 1. The fourth-order valence-corrected chi connectivity index (χ4v) is 3.47. The van der Waals surface area contributed by atoms with Crippen LogP contribution in [0.15, 0.2) is 0 Å². The molecule has 0 aromatic heterocycles. The first-order chi connectivity index (χ1) is 7.34. The van der Waals surface area contributed by atoms with Gasteiger partial charge in [0.15, 0.2) is 0 Å². The number of carbonyl (C=O) groups excluding carboxylic acids is 1. The molecular weight excluding hydrogens is 186 g/mol. The molecule has 0 spiro atoms. The van der Waals surface area contributed by atoms with Crippen molar-refractivity contribution in [2.45, 2.75) is 44.9 Å². The first-order valence-electron chi connectivity index (χ1n) is 6.63. The van der Waals surface area contributed by atoms with Crippen LogP contribution in [-0.2, 0) is 4.79 Å². The van der Waals surface area contributed by atoms with Crippen molar-refractivity contribution in [2.24, 2.45) is 17.8 Å². The van der Waals surface area contributed by atoms with Crippen molar-refractivity contribution in [3.8, 4) is 0 Å². The Morgan fingerprint density at radius 3 is 2.07 bits per heavy atom. The first-order valence-corrected chi connectivity index (χ1v) is 6.63. The fourth-order valence-electron chi connectivity index (χ4n) is 3.47. The van der Waals surface area contributed by atoms with Gasteiger partial charge in [-0.3, -0.25) is 4.79 Å². The number of rotatable bonds is 1. The summed E-state index contributed by atoms with van der Waals surface area (Å²) in [6.45, 7) is 2.06. The molecule has 1 amide bonds. The number of hydrogen-bond acceptors (Lipinski definition) is 1. The van der Waals surface area contributed by atoms with E-state index in [1.807, 2.05) is 0 Å². The van der Waals surface area contributed by atoms with Crippen molar-refractivity contribution in [3.63, 3.8) is 0 Å². The summed E-state index contributed by atoms with van der Waals surface area (Å²) in [5.41, 5.74) is 0. The summed E-state index contributed by atoms with van der Waals surface area (Å²) in [4.78, 5) is 14.4. The molecule has 84 valence electrons. The van der Waals surface area contributed by atoms with E-state index < -0.39 is 0 Å². The first kappa shape index (κ1) is 9.68. The second-order valence-corrected chi connectivity index (χ2v) is 5.66. The van der Waals surface area contributed by atoms with E-state index in [0.29, 0.717) is 11.8 Å². The highest BCUT2D eigenvalue weighted by Gasteiger charge is 2.48. The molecule has 0 radical (unpaired) electrons. The Morgan fingerprint density at radius 2 is 1.47 bits per heavy atom. The van der Waals surface area contributed by atoms with Crippen LogP contribution >= 0.6 is 0 Å². The molecule has 2 aliphatic carbocycles. The molecule has 2 unspecified atom stereocenters. The monoisotopic (exact) mass is 207 g/mol. The SMILES string of the molecule is O=C(C1CC2CC2C1)N1CCCCCC1. The van der Waals surface area contributed by atoms with E-state index in [9.17, 15) is 4.79 Å². The van der Waals surface area contributed by atoms with Gasteiger partial charge in [0.05, 0.1) is 0 Å². The molecule has 1 aliphatic heterocycles. The Kier molecular flexibility index (Phi) is 2.45. The van der Waals surface area contributed by atoms with Crippen molar-refractivity contribution in [3.05, 3.63) is 0 Å². The van der Waals surface area contributed by atoms with Crippen LogP contribution in [0.4, 0.5) is 0 Å². The third-order valence-corrected chi connectivity index (χ3v) is 4.51. The van der Waals surface area contributed by atoms with Crippen molar-refractivity contribution in [2.75, 3.05) is 13.1 Å². The van der Waals surface area contributed by atoms with Gasteiger partial charge in [-0.05, 0) is 43.9 Å².